The van der Waals surface area contributed by atoms with Crippen molar-refractivity contribution in [2.45, 2.75) is 40.0 Å². The lowest BCUT2D eigenvalue weighted by Crippen LogP contribution is -2.37. The summed E-state index contributed by atoms with van der Waals surface area (Å²) >= 11 is 0. The predicted molar refractivity (Wildman–Crippen MR) is 114 cm³/mol. The van der Waals surface area contributed by atoms with Crippen LogP contribution in [0.5, 0.6) is 0 Å². The number of aromatic nitrogens is 2. The maximum absolute atomic E-state index is 12.4. The van der Waals surface area contributed by atoms with Gasteiger partial charge in [-0.3, -0.25) is 0 Å². The molecule has 6 nitrogen and oxygen atoms in total. The zero-order chi connectivity index (χ0) is 20.8. The molecule has 1 atom stereocenters. The van der Waals surface area contributed by atoms with Crippen molar-refractivity contribution in [2.24, 2.45) is 0 Å². The highest BCUT2D eigenvalue weighted by molar-refractivity contribution is 5.74. The molecule has 6 heteroatoms. The van der Waals surface area contributed by atoms with E-state index >= 15 is 0 Å². The molecule has 3 rings (SSSR count). The van der Waals surface area contributed by atoms with Gasteiger partial charge in [-0.25, -0.2) is 9.48 Å². The Kier molecular flexibility index (Phi) is 6.67. The molecular weight excluding hydrogens is 364 g/mol. The van der Waals surface area contributed by atoms with Crippen LogP contribution in [0.4, 0.5) is 4.79 Å². The van der Waals surface area contributed by atoms with Gasteiger partial charge in [0.25, 0.3) is 0 Å². The molecule has 0 spiro atoms. The number of carbonyl (C=O) groups excluding carboxylic acids is 1. The van der Waals surface area contributed by atoms with Gasteiger partial charge in [-0.05, 0) is 44.0 Å². The Labute approximate surface area is 171 Å². The van der Waals surface area contributed by atoms with Crippen LogP contribution >= 0.6 is 0 Å². The zero-order valence-corrected chi connectivity index (χ0v) is 17.4. The third-order valence-electron chi connectivity index (χ3n) is 5.00. The molecule has 2 amide bonds. The molecule has 0 saturated carbocycles. The SMILES string of the molecule is COCc1ccccc1CNC(=O)NC(C)c1cnn(-c2ccc(C)cc2)c1C. The van der Waals surface area contributed by atoms with E-state index < -0.39 is 0 Å². The van der Waals surface area contributed by atoms with Crippen LogP contribution in [0.25, 0.3) is 5.69 Å². The van der Waals surface area contributed by atoms with Gasteiger partial charge in [0.2, 0.25) is 0 Å². The number of hydrogen-bond donors (Lipinski definition) is 2. The number of carbonyl (C=O) groups is 1. The Morgan fingerprint density at radius 3 is 2.48 bits per heavy atom. The number of nitrogens with one attached hydrogen (secondary N) is 2. The Bertz CT molecular complexity index is 963. The molecule has 29 heavy (non-hydrogen) atoms. The zero-order valence-electron chi connectivity index (χ0n) is 17.4. The van der Waals surface area contributed by atoms with Gasteiger partial charge in [-0.15, -0.1) is 0 Å². The fourth-order valence-corrected chi connectivity index (χ4v) is 3.32. The Morgan fingerprint density at radius 2 is 1.79 bits per heavy atom. The molecule has 2 N–H and O–H groups in total. The second-order valence-corrected chi connectivity index (χ2v) is 7.18. The van der Waals surface area contributed by atoms with E-state index in [2.05, 4.69) is 34.8 Å². The molecule has 0 aliphatic carbocycles. The molecular formula is C23H28N4O2. The summed E-state index contributed by atoms with van der Waals surface area (Å²) in [5.74, 6) is 0. The Hall–Kier alpha value is -3.12. The van der Waals surface area contributed by atoms with Crippen LogP contribution in [0.3, 0.4) is 0 Å². The first-order chi connectivity index (χ1) is 14.0. The van der Waals surface area contributed by atoms with E-state index in [9.17, 15) is 4.79 Å². The van der Waals surface area contributed by atoms with Gasteiger partial charge in [-0.1, -0.05) is 42.0 Å². The number of aryl methyl sites for hydroxylation is 1. The van der Waals surface area contributed by atoms with Gasteiger partial charge in [0, 0.05) is 24.9 Å². The van der Waals surface area contributed by atoms with E-state index in [-0.39, 0.29) is 12.1 Å². The molecule has 2 aromatic carbocycles. The third-order valence-corrected chi connectivity index (χ3v) is 5.00. The van der Waals surface area contributed by atoms with Gasteiger partial charge in [0.1, 0.15) is 0 Å². The van der Waals surface area contributed by atoms with E-state index in [1.807, 2.05) is 61.1 Å². The first-order valence-electron chi connectivity index (χ1n) is 9.71. The number of ether oxygens (including phenoxy) is 1. The summed E-state index contributed by atoms with van der Waals surface area (Å²) in [6, 6.07) is 15.8. The van der Waals surface area contributed by atoms with E-state index in [1.54, 1.807) is 7.11 Å². The van der Waals surface area contributed by atoms with E-state index in [1.165, 1.54) is 5.56 Å². The van der Waals surface area contributed by atoms with Crippen LogP contribution in [0.15, 0.2) is 54.7 Å². The minimum atomic E-state index is -0.216. The molecule has 1 unspecified atom stereocenters. The van der Waals surface area contributed by atoms with Crippen molar-refractivity contribution in [1.82, 2.24) is 20.4 Å². The summed E-state index contributed by atoms with van der Waals surface area (Å²) in [6.45, 7) is 7.00. The molecule has 1 aromatic heterocycles. The Balaban J connectivity index is 1.62. The lowest BCUT2D eigenvalue weighted by molar-refractivity contribution is 0.184. The van der Waals surface area contributed by atoms with E-state index in [4.69, 9.17) is 4.74 Å². The van der Waals surface area contributed by atoms with Crippen molar-refractivity contribution in [3.05, 3.63) is 82.7 Å². The number of hydrogen-bond acceptors (Lipinski definition) is 3. The normalized spacial score (nSPS) is 11.9. The number of urea groups is 1. The van der Waals surface area contributed by atoms with Gasteiger partial charge in [-0.2, -0.15) is 5.10 Å². The Morgan fingerprint density at radius 1 is 1.10 bits per heavy atom. The van der Waals surface area contributed by atoms with Crippen molar-refractivity contribution in [1.29, 1.82) is 0 Å². The summed E-state index contributed by atoms with van der Waals surface area (Å²) < 4.78 is 7.11. The van der Waals surface area contributed by atoms with Crippen LogP contribution < -0.4 is 10.6 Å². The second kappa shape index (κ2) is 9.39. The molecule has 0 radical (unpaired) electrons. The quantitative estimate of drug-likeness (QED) is 0.633. The first kappa shape index (κ1) is 20.6. The van der Waals surface area contributed by atoms with Gasteiger partial charge >= 0.3 is 6.03 Å². The fraction of sp³-hybridized carbons (Fsp3) is 0.304. The maximum Gasteiger partial charge on any atom is 0.315 e. The first-order valence-corrected chi connectivity index (χ1v) is 9.71. The van der Waals surface area contributed by atoms with E-state index in [0.717, 1.165) is 28.1 Å². The summed E-state index contributed by atoms with van der Waals surface area (Å²) in [7, 11) is 1.66. The van der Waals surface area contributed by atoms with Crippen molar-refractivity contribution in [3.63, 3.8) is 0 Å². The molecule has 0 saturated heterocycles. The minimum Gasteiger partial charge on any atom is -0.380 e. The van der Waals surface area contributed by atoms with Crippen molar-refractivity contribution < 1.29 is 9.53 Å². The number of benzene rings is 2. The largest absolute Gasteiger partial charge is 0.380 e. The summed E-state index contributed by atoms with van der Waals surface area (Å²) in [5, 5.41) is 10.4. The van der Waals surface area contributed by atoms with Crippen LogP contribution in [0.2, 0.25) is 0 Å². The number of nitrogens with zero attached hydrogens (tertiary/aromatic N) is 2. The summed E-state index contributed by atoms with van der Waals surface area (Å²) in [6.07, 6.45) is 1.81. The monoisotopic (exact) mass is 392 g/mol. The van der Waals surface area contributed by atoms with Crippen molar-refractivity contribution in [2.75, 3.05) is 7.11 Å². The number of rotatable bonds is 7. The average Bonchev–Trinajstić information content (AvgIpc) is 3.09. The highest BCUT2D eigenvalue weighted by atomic mass is 16.5. The van der Waals surface area contributed by atoms with Crippen LogP contribution in [-0.2, 0) is 17.9 Å². The van der Waals surface area contributed by atoms with Crippen molar-refractivity contribution >= 4 is 6.03 Å². The minimum absolute atomic E-state index is 0.164. The average molecular weight is 393 g/mol. The number of methoxy groups -OCH3 is 1. The molecule has 0 fully saturated rings. The van der Waals surface area contributed by atoms with Gasteiger partial charge in [0.15, 0.2) is 0 Å². The summed E-state index contributed by atoms with van der Waals surface area (Å²) in [4.78, 5) is 12.4. The lowest BCUT2D eigenvalue weighted by Gasteiger charge is -2.16. The second-order valence-electron chi connectivity index (χ2n) is 7.18. The molecule has 0 aliphatic heterocycles. The number of amides is 2. The van der Waals surface area contributed by atoms with Crippen LogP contribution in [0, 0.1) is 13.8 Å². The third kappa shape index (κ3) is 5.03. The van der Waals surface area contributed by atoms with Crippen molar-refractivity contribution in [3.8, 4) is 5.69 Å². The molecule has 0 aliphatic rings. The predicted octanol–water partition coefficient (Wildman–Crippen LogP) is 4.20. The standard InChI is InChI=1S/C23H28N4O2/c1-16-9-11-21(12-10-16)27-18(3)22(14-25-27)17(2)26-23(28)24-13-19-7-5-6-8-20(19)15-29-4/h5-12,14,17H,13,15H2,1-4H3,(H2,24,26,28). The molecule has 3 aromatic rings. The molecule has 0 bridgehead atoms. The highest BCUT2D eigenvalue weighted by Gasteiger charge is 2.16. The fourth-order valence-electron chi connectivity index (χ4n) is 3.32. The van der Waals surface area contributed by atoms with Gasteiger partial charge < -0.3 is 15.4 Å². The summed E-state index contributed by atoms with van der Waals surface area (Å²) in [5.41, 5.74) is 6.31. The smallest absolute Gasteiger partial charge is 0.315 e. The van der Waals surface area contributed by atoms with Gasteiger partial charge in [0.05, 0.1) is 24.5 Å². The molecule has 152 valence electrons. The van der Waals surface area contributed by atoms with E-state index in [0.29, 0.717) is 13.2 Å². The lowest BCUT2D eigenvalue weighted by atomic mass is 10.1. The van der Waals surface area contributed by atoms with Crippen LogP contribution in [0.1, 0.15) is 40.9 Å². The highest BCUT2D eigenvalue weighted by Crippen LogP contribution is 2.20. The molecule has 1 heterocycles. The van der Waals surface area contributed by atoms with Crippen LogP contribution in [-0.4, -0.2) is 22.9 Å². The maximum atomic E-state index is 12.4. The topological polar surface area (TPSA) is 68.2 Å².